The van der Waals surface area contributed by atoms with Crippen LogP contribution < -0.4 is 5.32 Å². The van der Waals surface area contributed by atoms with Gasteiger partial charge in [0.15, 0.2) is 0 Å². The van der Waals surface area contributed by atoms with E-state index in [0.29, 0.717) is 6.42 Å². The van der Waals surface area contributed by atoms with Gasteiger partial charge < -0.3 is 10.4 Å². The first-order valence-electron chi connectivity index (χ1n) is 8.64. The summed E-state index contributed by atoms with van der Waals surface area (Å²) in [5, 5.41) is 11.8. The summed E-state index contributed by atoms with van der Waals surface area (Å²) >= 11 is 0. The zero-order valence-corrected chi connectivity index (χ0v) is 14.3. The van der Waals surface area contributed by atoms with Crippen molar-refractivity contribution >= 4 is 11.9 Å². The highest BCUT2D eigenvalue weighted by atomic mass is 16.4. The molecule has 1 atom stereocenters. The maximum Gasteiger partial charge on any atom is 0.329 e. The summed E-state index contributed by atoms with van der Waals surface area (Å²) in [7, 11) is 0. The van der Waals surface area contributed by atoms with Crippen molar-refractivity contribution in [1.29, 1.82) is 0 Å². The van der Waals surface area contributed by atoms with Crippen LogP contribution >= 0.6 is 0 Å². The first kappa shape index (κ1) is 20.7. The van der Waals surface area contributed by atoms with E-state index in [-0.39, 0.29) is 0 Å². The first-order valence-corrected chi connectivity index (χ1v) is 8.64. The smallest absolute Gasteiger partial charge is 0.329 e. The molecule has 0 radical (unpaired) electrons. The van der Waals surface area contributed by atoms with E-state index in [1.54, 1.807) is 6.92 Å². The maximum atomic E-state index is 11.3. The molecule has 1 unspecified atom stereocenters. The van der Waals surface area contributed by atoms with Gasteiger partial charge in [-0.25, -0.2) is 4.79 Å². The van der Waals surface area contributed by atoms with Gasteiger partial charge in [0.25, 0.3) is 0 Å². The van der Waals surface area contributed by atoms with E-state index in [1.807, 2.05) is 0 Å². The van der Waals surface area contributed by atoms with Crippen LogP contribution in [-0.2, 0) is 9.59 Å². The average molecular weight is 311 g/mol. The highest BCUT2D eigenvalue weighted by molar-refractivity contribution is 5.92. The Morgan fingerprint density at radius 2 is 1.45 bits per heavy atom. The van der Waals surface area contributed by atoms with E-state index in [2.05, 4.69) is 18.8 Å². The third-order valence-electron chi connectivity index (χ3n) is 4.09. The molecule has 0 heterocycles. The average Bonchev–Trinajstić information content (AvgIpc) is 2.48. The second-order valence-electron chi connectivity index (χ2n) is 6.26. The van der Waals surface area contributed by atoms with Gasteiger partial charge in [-0.1, -0.05) is 77.7 Å². The Balaban J connectivity index is 3.75. The van der Waals surface area contributed by atoms with Crippen molar-refractivity contribution < 1.29 is 14.7 Å². The minimum Gasteiger partial charge on any atom is -0.480 e. The summed E-state index contributed by atoms with van der Waals surface area (Å²) in [4.78, 5) is 22.6. The second kappa shape index (κ2) is 12.2. The molecule has 0 bridgehead atoms. The minimum atomic E-state index is -1.19. The molecule has 0 rings (SSSR count). The van der Waals surface area contributed by atoms with Gasteiger partial charge in [-0.2, -0.15) is 0 Å². The Bertz CT molecular complexity index is 341. The molecule has 0 aromatic carbocycles. The van der Waals surface area contributed by atoms with Gasteiger partial charge in [-0.05, 0) is 19.4 Å². The van der Waals surface area contributed by atoms with Crippen LogP contribution in [0.3, 0.4) is 0 Å². The molecule has 1 amide bonds. The maximum absolute atomic E-state index is 11.3. The molecular weight excluding hydrogens is 278 g/mol. The molecule has 0 aliphatic carbocycles. The van der Waals surface area contributed by atoms with Gasteiger partial charge in [-0.15, -0.1) is 0 Å². The van der Waals surface area contributed by atoms with E-state index in [4.69, 9.17) is 0 Å². The first-order chi connectivity index (χ1) is 10.5. The van der Waals surface area contributed by atoms with Gasteiger partial charge in [0.1, 0.15) is 5.54 Å². The Kier molecular flexibility index (Phi) is 11.5. The van der Waals surface area contributed by atoms with Gasteiger partial charge in [0, 0.05) is 0 Å². The lowest BCUT2D eigenvalue weighted by atomic mass is 9.93. The van der Waals surface area contributed by atoms with Gasteiger partial charge in [0.2, 0.25) is 5.91 Å². The molecule has 0 fully saturated rings. The number of carbonyl (C=O) groups excluding carboxylic acids is 1. The minimum absolute atomic E-state index is 0.433. The topological polar surface area (TPSA) is 66.4 Å². The monoisotopic (exact) mass is 311 g/mol. The number of carbonyl (C=O) groups is 2. The molecular formula is C18H33NO3. The van der Waals surface area contributed by atoms with Gasteiger partial charge in [-0.3, -0.25) is 4.79 Å². The summed E-state index contributed by atoms with van der Waals surface area (Å²) in [6.45, 7) is 7.14. The Morgan fingerprint density at radius 1 is 1.00 bits per heavy atom. The van der Waals surface area contributed by atoms with Crippen molar-refractivity contribution in [2.45, 2.75) is 90.0 Å². The fourth-order valence-corrected chi connectivity index (χ4v) is 2.51. The Morgan fingerprint density at radius 3 is 1.86 bits per heavy atom. The van der Waals surface area contributed by atoms with E-state index < -0.39 is 17.4 Å². The lowest BCUT2D eigenvalue weighted by molar-refractivity contribution is -0.146. The van der Waals surface area contributed by atoms with Crippen molar-refractivity contribution in [1.82, 2.24) is 5.32 Å². The fraction of sp³-hybridized carbons (Fsp3) is 0.778. The van der Waals surface area contributed by atoms with Crippen molar-refractivity contribution in [3.63, 3.8) is 0 Å². The highest BCUT2D eigenvalue weighted by Crippen LogP contribution is 2.17. The zero-order chi connectivity index (χ0) is 16.8. The molecule has 4 heteroatoms. The zero-order valence-electron chi connectivity index (χ0n) is 14.3. The van der Waals surface area contributed by atoms with Crippen molar-refractivity contribution in [2.24, 2.45) is 0 Å². The number of hydrogen-bond acceptors (Lipinski definition) is 2. The van der Waals surface area contributed by atoms with Crippen LogP contribution in [0.25, 0.3) is 0 Å². The predicted octanol–water partition coefficient (Wildman–Crippen LogP) is 4.44. The molecule has 0 aliphatic rings. The second-order valence-corrected chi connectivity index (χ2v) is 6.26. The third-order valence-corrected chi connectivity index (χ3v) is 4.09. The number of rotatable bonds is 14. The standard InChI is InChI=1S/C18H33NO3/c1-4-6-7-8-9-10-11-12-13-14-15-18(3,17(21)22)19-16(20)5-2/h5H,2,4,6-15H2,1,3H3,(H,19,20)(H,21,22). The van der Waals surface area contributed by atoms with Gasteiger partial charge >= 0.3 is 5.97 Å². The Labute approximate surface area is 135 Å². The van der Waals surface area contributed by atoms with Crippen molar-refractivity contribution in [2.75, 3.05) is 0 Å². The van der Waals surface area contributed by atoms with Crippen LogP contribution in [0.4, 0.5) is 0 Å². The fourth-order valence-electron chi connectivity index (χ4n) is 2.51. The molecule has 0 saturated heterocycles. The molecule has 0 aromatic heterocycles. The van der Waals surface area contributed by atoms with E-state index in [1.165, 1.54) is 44.9 Å². The number of unbranched alkanes of at least 4 members (excludes halogenated alkanes) is 9. The lowest BCUT2D eigenvalue weighted by Gasteiger charge is -2.25. The summed E-state index contributed by atoms with van der Waals surface area (Å²) in [5.41, 5.74) is -1.19. The van der Waals surface area contributed by atoms with E-state index >= 15 is 0 Å². The predicted molar refractivity (Wildman–Crippen MR) is 90.8 cm³/mol. The number of carboxylic acid groups (broad SMARTS) is 1. The number of carboxylic acids is 1. The number of aliphatic carboxylic acids is 1. The summed E-state index contributed by atoms with van der Waals surface area (Å²) < 4.78 is 0. The molecule has 0 aromatic rings. The number of hydrogen-bond donors (Lipinski definition) is 2. The van der Waals surface area contributed by atoms with E-state index in [9.17, 15) is 14.7 Å². The van der Waals surface area contributed by atoms with E-state index in [0.717, 1.165) is 25.3 Å². The highest BCUT2D eigenvalue weighted by Gasteiger charge is 2.33. The summed E-state index contributed by atoms with van der Waals surface area (Å²) in [5.74, 6) is -1.42. The molecule has 0 saturated carbocycles. The van der Waals surface area contributed by atoms with Crippen LogP contribution in [0, 0.1) is 0 Å². The molecule has 2 N–H and O–H groups in total. The largest absolute Gasteiger partial charge is 0.480 e. The van der Waals surface area contributed by atoms with Crippen LogP contribution in [0.2, 0.25) is 0 Å². The van der Waals surface area contributed by atoms with Crippen LogP contribution in [0.1, 0.15) is 84.5 Å². The lowest BCUT2D eigenvalue weighted by Crippen LogP contribution is -2.51. The van der Waals surface area contributed by atoms with Crippen LogP contribution in [0.15, 0.2) is 12.7 Å². The summed E-state index contributed by atoms with van der Waals surface area (Å²) in [6, 6.07) is 0. The molecule has 4 nitrogen and oxygen atoms in total. The summed E-state index contributed by atoms with van der Waals surface area (Å²) in [6.07, 6.45) is 13.6. The molecule has 0 aliphatic heterocycles. The third kappa shape index (κ3) is 9.59. The quantitative estimate of drug-likeness (QED) is 0.368. The van der Waals surface area contributed by atoms with Crippen LogP contribution in [-0.4, -0.2) is 22.5 Å². The molecule has 128 valence electrons. The Hall–Kier alpha value is -1.32. The molecule has 22 heavy (non-hydrogen) atoms. The van der Waals surface area contributed by atoms with Gasteiger partial charge in [0.05, 0.1) is 0 Å². The normalized spacial score (nSPS) is 13.4. The van der Waals surface area contributed by atoms with Crippen LogP contribution in [0.5, 0.6) is 0 Å². The molecule has 0 spiro atoms. The van der Waals surface area contributed by atoms with Crippen molar-refractivity contribution in [3.8, 4) is 0 Å². The van der Waals surface area contributed by atoms with Crippen molar-refractivity contribution in [3.05, 3.63) is 12.7 Å². The number of amides is 1. The SMILES string of the molecule is C=CC(=O)NC(C)(CCCCCCCCCCCC)C(=O)O. The number of nitrogens with one attached hydrogen (secondary N) is 1.